The standard InChI is InChI=1S/C17H18ClN3O4S/c1-10-19-17(25-20-10)11-6-13-8-15(22)9-14(7-11)21(13)26(23,24)16-4-2-12(18)3-5-16/h2-5,11,13-14H,6-9H2,1H3. The number of rotatable bonds is 3. The first-order valence-corrected chi connectivity index (χ1v) is 10.3. The summed E-state index contributed by atoms with van der Waals surface area (Å²) in [6, 6.07) is 5.33. The smallest absolute Gasteiger partial charge is 0.243 e. The van der Waals surface area contributed by atoms with E-state index in [9.17, 15) is 13.2 Å². The van der Waals surface area contributed by atoms with Gasteiger partial charge in [-0.3, -0.25) is 4.79 Å². The van der Waals surface area contributed by atoms with E-state index < -0.39 is 22.1 Å². The van der Waals surface area contributed by atoms with Gasteiger partial charge in [-0.25, -0.2) is 8.42 Å². The maximum atomic E-state index is 13.2. The average molecular weight is 396 g/mol. The second kappa shape index (κ2) is 6.44. The van der Waals surface area contributed by atoms with Crippen molar-refractivity contribution in [2.75, 3.05) is 0 Å². The van der Waals surface area contributed by atoms with E-state index in [0.717, 1.165) is 0 Å². The summed E-state index contributed by atoms with van der Waals surface area (Å²) >= 11 is 5.87. The van der Waals surface area contributed by atoms with E-state index in [1.807, 2.05) is 0 Å². The second-order valence-corrected chi connectivity index (χ2v) is 9.17. The van der Waals surface area contributed by atoms with Gasteiger partial charge in [-0.2, -0.15) is 9.29 Å². The van der Waals surface area contributed by atoms with Crippen LogP contribution in [0.3, 0.4) is 0 Å². The number of hydrogen-bond acceptors (Lipinski definition) is 6. The van der Waals surface area contributed by atoms with Gasteiger partial charge in [-0.1, -0.05) is 16.8 Å². The molecule has 2 unspecified atom stereocenters. The molecule has 1 aromatic heterocycles. The quantitative estimate of drug-likeness (QED) is 0.793. The molecule has 2 fully saturated rings. The molecule has 4 rings (SSSR count). The third-order valence-corrected chi connectivity index (χ3v) is 7.31. The van der Waals surface area contributed by atoms with Gasteiger partial charge in [0, 0.05) is 35.9 Å². The Morgan fingerprint density at radius 2 is 1.77 bits per heavy atom. The van der Waals surface area contributed by atoms with E-state index in [1.165, 1.54) is 16.4 Å². The summed E-state index contributed by atoms with van der Waals surface area (Å²) in [4.78, 5) is 16.6. The SMILES string of the molecule is Cc1noc(C2CC3CC(=O)CC(C2)N3S(=O)(=O)c2ccc(Cl)cc2)n1. The monoisotopic (exact) mass is 395 g/mol. The molecule has 9 heteroatoms. The van der Waals surface area contributed by atoms with Crippen LogP contribution in [0, 0.1) is 6.92 Å². The first kappa shape index (κ1) is 17.6. The van der Waals surface area contributed by atoms with Crippen molar-refractivity contribution in [3.8, 4) is 0 Å². The summed E-state index contributed by atoms with van der Waals surface area (Å²) in [5, 5.41) is 4.30. The zero-order valence-corrected chi connectivity index (χ0v) is 15.7. The van der Waals surface area contributed by atoms with Gasteiger partial charge in [-0.05, 0) is 44.0 Å². The molecule has 0 saturated carbocycles. The Kier molecular flexibility index (Phi) is 4.37. The number of aryl methyl sites for hydroxylation is 1. The molecule has 0 spiro atoms. The fraction of sp³-hybridized carbons (Fsp3) is 0.471. The molecule has 0 radical (unpaired) electrons. The predicted molar refractivity (Wildman–Crippen MR) is 93.3 cm³/mol. The molecule has 2 aliphatic heterocycles. The lowest BCUT2D eigenvalue weighted by atomic mass is 9.79. The van der Waals surface area contributed by atoms with Crippen LogP contribution >= 0.6 is 11.6 Å². The molecular weight excluding hydrogens is 378 g/mol. The number of fused-ring (bicyclic) bond motifs is 2. The lowest BCUT2D eigenvalue weighted by Gasteiger charge is -2.46. The fourth-order valence-corrected chi connectivity index (χ4v) is 5.97. The molecule has 2 bridgehead atoms. The van der Waals surface area contributed by atoms with E-state index >= 15 is 0 Å². The maximum absolute atomic E-state index is 13.2. The molecule has 0 aliphatic carbocycles. The van der Waals surface area contributed by atoms with Crippen LogP contribution in [-0.4, -0.2) is 40.7 Å². The van der Waals surface area contributed by atoms with Crippen molar-refractivity contribution < 1.29 is 17.7 Å². The van der Waals surface area contributed by atoms with E-state index in [-0.39, 0.29) is 29.4 Å². The summed E-state index contributed by atoms with van der Waals surface area (Å²) in [6.07, 6.45) is 1.42. The first-order chi connectivity index (χ1) is 12.3. The van der Waals surface area contributed by atoms with E-state index in [4.69, 9.17) is 16.1 Å². The maximum Gasteiger partial charge on any atom is 0.243 e. The number of nitrogens with zero attached hydrogens (tertiary/aromatic N) is 3. The second-order valence-electron chi connectivity index (χ2n) is 6.89. The number of benzene rings is 1. The number of hydrogen-bond donors (Lipinski definition) is 0. The van der Waals surface area contributed by atoms with Crippen LogP contribution in [0.2, 0.25) is 5.02 Å². The average Bonchev–Trinajstić information content (AvgIpc) is 3.00. The number of halogens is 1. The molecule has 26 heavy (non-hydrogen) atoms. The van der Waals surface area contributed by atoms with Gasteiger partial charge in [0.15, 0.2) is 5.82 Å². The molecule has 2 saturated heterocycles. The van der Waals surface area contributed by atoms with Crippen LogP contribution in [0.25, 0.3) is 0 Å². The number of sulfonamides is 1. The van der Waals surface area contributed by atoms with Crippen molar-refractivity contribution >= 4 is 27.4 Å². The summed E-state index contributed by atoms with van der Waals surface area (Å²) in [6.45, 7) is 1.75. The van der Waals surface area contributed by atoms with Gasteiger partial charge in [-0.15, -0.1) is 0 Å². The molecular formula is C17H18ClN3O4S. The third kappa shape index (κ3) is 3.06. The number of Topliss-reactive ketones (excluding diaryl/α,β-unsaturated/α-hetero) is 1. The molecule has 2 aliphatic rings. The molecule has 3 heterocycles. The highest BCUT2D eigenvalue weighted by atomic mass is 35.5. The van der Waals surface area contributed by atoms with Gasteiger partial charge in [0.2, 0.25) is 15.9 Å². The van der Waals surface area contributed by atoms with Crippen LogP contribution in [-0.2, 0) is 14.8 Å². The Labute approximate surface area is 156 Å². The molecule has 138 valence electrons. The summed E-state index contributed by atoms with van der Waals surface area (Å²) in [5.74, 6) is 1.14. The van der Waals surface area contributed by atoms with Gasteiger partial charge in [0.1, 0.15) is 5.78 Å². The van der Waals surface area contributed by atoms with Crippen LogP contribution in [0.15, 0.2) is 33.7 Å². The number of carbonyl (C=O) groups excluding carboxylic acids is 1. The van der Waals surface area contributed by atoms with Gasteiger partial charge >= 0.3 is 0 Å². The highest BCUT2D eigenvalue weighted by Crippen LogP contribution is 2.42. The Balaban J connectivity index is 1.67. The molecule has 2 atom stereocenters. The number of aromatic nitrogens is 2. The molecule has 2 aromatic rings. The molecule has 0 N–H and O–H groups in total. The Morgan fingerprint density at radius 3 is 2.31 bits per heavy atom. The lowest BCUT2D eigenvalue weighted by Crippen LogP contribution is -2.56. The Morgan fingerprint density at radius 1 is 1.15 bits per heavy atom. The fourth-order valence-electron chi connectivity index (χ4n) is 4.02. The van der Waals surface area contributed by atoms with Gasteiger partial charge in [0.05, 0.1) is 4.90 Å². The topological polar surface area (TPSA) is 93.4 Å². The van der Waals surface area contributed by atoms with E-state index in [0.29, 0.717) is 29.6 Å². The van der Waals surface area contributed by atoms with Crippen LogP contribution in [0.5, 0.6) is 0 Å². The summed E-state index contributed by atoms with van der Waals surface area (Å²) in [7, 11) is -3.71. The predicted octanol–water partition coefficient (Wildman–Crippen LogP) is 2.70. The Bertz CT molecular complexity index is 923. The van der Waals surface area contributed by atoms with Crippen molar-refractivity contribution in [2.45, 2.75) is 55.5 Å². The number of ketones is 1. The minimum absolute atomic E-state index is 0.0315. The van der Waals surface area contributed by atoms with E-state index in [1.54, 1.807) is 19.1 Å². The van der Waals surface area contributed by atoms with Crippen molar-refractivity contribution in [1.82, 2.24) is 14.4 Å². The van der Waals surface area contributed by atoms with Gasteiger partial charge < -0.3 is 4.52 Å². The minimum atomic E-state index is -3.71. The number of piperidine rings is 2. The molecule has 0 amide bonds. The highest BCUT2D eigenvalue weighted by molar-refractivity contribution is 7.89. The zero-order chi connectivity index (χ0) is 18.5. The van der Waals surface area contributed by atoms with Crippen molar-refractivity contribution in [1.29, 1.82) is 0 Å². The minimum Gasteiger partial charge on any atom is -0.339 e. The van der Waals surface area contributed by atoms with E-state index in [2.05, 4.69) is 10.1 Å². The van der Waals surface area contributed by atoms with Crippen molar-refractivity contribution in [3.63, 3.8) is 0 Å². The summed E-state index contributed by atoms with van der Waals surface area (Å²) < 4.78 is 33.2. The van der Waals surface area contributed by atoms with Crippen LogP contribution in [0.4, 0.5) is 0 Å². The third-order valence-electron chi connectivity index (χ3n) is 5.04. The highest BCUT2D eigenvalue weighted by Gasteiger charge is 2.48. The first-order valence-electron chi connectivity index (χ1n) is 8.45. The van der Waals surface area contributed by atoms with Crippen molar-refractivity contribution in [2.24, 2.45) is 0 Å². The molecule has 7 nitrogen and oxygen atoms in total. The van der Waals surface area contributed by atoms with Gasteiger partial charge in [0.25, 0.3) is 0 Å². The van der Waals surface area contributed by atoms with Crippen LogP contribution < -0.4 is 0 Å². The lowest BCUT2D eigenvalue weighted by molar-refractivity contribution is -0.124. The molecule has 1 aromatic carbocycles. The van der Waals surface area contributed by atoms with Crippen molar-refractivity contribution in [3.05, 3.63) is 41.0 Å². The normalized spacial score (nSPS) is 26.8. The van der Waals surface area contributed by atoms with Crippen LogP contribution in [0.1, 0.15) is 43.3 Å². The zero-order valence-electron chi connectivity index (χ0n) is 14.1. The largest absolute Gasteiger partial charge is 0.339 e. The number of carbonyl (C=O) groups is 1. The summed E-state index contributed by atoms with van der Waals surface area (Å²) in [5.41, 5.74) is 0. The Hall–Kier alpha value is -1.77.